The molecule has 180 valence electrons. The Hall–Kier alpha value is -2.41. The van der Waals surface area contributed by atoms with Gasteiger partial charge in [-0.2, -0.15) is 4.98 Å². The summed E-state index contributed by atoms with van der Waals surface area (Å²) >= 11 is 6.09. The van der Waals surface area contributed by atoms with Crippen molar-refractivity contribution in [3.8, 4) is 11.4 Å². The standard InChI is InChI=1S/C25H35ClN4O3/c1-3-5-7-14-22(31)29(15-6-4-2)18-23(32)30-16-9-8-13-21(30)25-27-24(28-33-25)19-11-10-12-20(26)17-19/h10-12,17,21H,3-9,13-16,18H2,1-2H3. The molecular formula is C25H35ClN4O3. The molecule has 0 N–H and O–H groups in total. The number of likely N-dealkylation sites (tertiary alicyclic amines) is 1. The van der Waals surface area contributed by atoms with Gasteiger partial charge in [-0.1, -0.05) is 62.0 Å². The van der Waals surface area contributed by atoms with Crippen LogP contribution in [0.3, 0.4) is 0 Å². The van der Waals surface area contributed by atoms with Gasteiger partial charge in [0.05, 0.1) is 6.54 Å². The topological polar surface area (TPSA) is 79.5 Å². The van der Waals surface area contributed by atoms with Crippen molar-refractivity contribution in [1.29, 1.82) is 0 Å². The van der Waals surface area contributed by atoms with Crippen molar-refractivity contribution >= 4 is 23.4 Å². The summed E-state index contributed by atoms with van der Waals surface area (Å²) in [6, 6.07) is 7.03. The second-order valence-electron chi connectivity index (χ2n) is 8.69. The van der Waals surface area contributed by atoms with E-state index in [4.69, 9.17) is 16.1 Å². The number of aromatic nitrogens is 2. The van der Waals surface area contributed by atoms with Gasteiger partial charge in [-0.25, -0.2) is 0 Å². The number of halogens is 1. The Morgan fingerprint density at radius 2 is 2.00 bits per heavy atom. The minimum Gasteiger partial charge on any atom is -0.337 e. The number of hydrogen-bond donors (Lipinski definition) is 0. The van der Waals surface area contributed by atoms with Gasteiger partial charge in [-0.15, -0.1) is 0 Å². The molecule has 1 aromatic heterocycles. The van der Waals surface area contributed by atoms with Gasteiger partial charge in [-0.05, 0) is 44.2 Å². The van der Waals surface area contributed by atoms with Crippen LogP contribution in [0.1, 0.15) is 83.6 Å². The largest absolute Gasteiger partial charge is 0.337 e. The molecule has 1 atom stereocenters. The highest BCUT2D eigenvalue weighted by Gasteiger charge is 2.33. The van der Waals surface area contributed by atoms with Gasteiger partial charge in [0.25, 0.3) is 0 Å². The zero-order chi connectivity index (χ0) is 23.6. The third-order valence-electron chi connectivity index (χ3n) is 6.09. The van der Waals surface area contributed by atoms with Crippen LogP contribution in [0, 0.1) is 0 Å². The van der Waals surface area contributed by atoms with Gasteiger partial charge in [0.1, 0.15) is 6.04 Å². The van der Waals surface area contributed by atoms with E-state index in [1.165, 1.54) is 0 Å². The van der Waals surface area contributed by atoms with Crippen molar-refractivity contribution in [1.82, 2.24) is 19.9 Å². The van der Waals surface area contributed by atoms with Crippen LogP contribution in [0.15, 0.2) is 28.8 Å². The zero-order valence-electron chi connectivity index (χ0n) is 19.8. The second kappa shape index (κ2) is 12.7. The van der Waals surface area contributed by atoms with Gasteiger partial charge >= 0.3 is 0 Å². The van der Waals surface area contributed by atoms with Crippen LogP contribution >= 0.6 is 11.6 Å². The van der Waals surface area contributed by atoms with E-state index in [0.717, 1.165) is 56.9 Å². The van der Waals surface area contributed by atoms with Crippen molar-refractivity contribution in [2.24, 2.45) is 0 Å². The summed E-state index contributed by atoms with van der Waals surface area (Å²) in [7, 11) is 0. The lowest BCUT2D eigenvalue weighted by molar-refractivity contribution is -0.143. The second-order valence-corrected chi connectivity index (χ2v) is 9.13. The van der Waals surface area contributed by atoms with Crippen molar-refractivity contribution < 1.29 is 14.1 Å². The first kappa shape index (κ1) is 25.2. The number of nitrogens with zero attached hydrogens (tertiary/aromatic N) is 4. The summed E-state index contributed by atoms with van der Waals surface area (Å²) < 4.78 is 5.58. The van der Waals surface area contributed by atoms with E-state index in [0.29, 0.717) is 36.2 Å². The summed E-state index contributed by atoms with van der Waals surface area (Å²) in [6.45, 7) is 5.57. The van der Waals surface area contributed by atoms with Gasteiger partial charge in [0.2, 0.25) is 23.5 Å². The summed E-state index contributed by atoms with van der Waals surface area (Å²) in [6.07, 6.45) is 8.02. The molecule has 7 nitrogen and oxygen atoms in total. The van der Waals surface area contributed by atoms with Crippen LogP contribution in [0.4, 0.5) is 0 Å². The predicted molar refractivity (Wildman–Crippen MR) is 129 cm³/mol. The van der Waals surface area contributed by atoms with Crippen molar-refractivity contribution in [2.75, 3.05) is 19.6 Å². The lowest BCUT2D eigenvalue weighted by atomic mass is 10.0. The molecular weight excluding hydrogens is 440 g/mol. The average molecular weight is 475 g/mol. The van der Waals surface area contributed by atoms with E-state index in [1.54, 1.807) is 17.0 Å². The normalized spacial score (nSPS) is 16.1. The van der Waals surface area contributed by atoms with E-state index < -0.39 is 0 Å². The number of benzene rings is 1. The van der Waals surface area contributed by atoms with E-state index in [9.17, 15) is 9.59 Å². The molecule has 1 aliphatic rings. The van der Waals surface area contributed by atoms with Crippen LogP contribution in [-0.2, 0) is 9.59 Å². The summed E-state index contributed by atoms with van der Waals surface area (Å²) in [5.41, 5.74) is 0.773. The number of hydrogen-bond acceptors (Lipinski definition) is 5. The van der Waals surface area contributed by atoms with Gasteiger partial charge in [-0.3, -0.25) is 9.59 Å². The van der Waals surface area contributed by atoms with Gasteiger partial charge < -0.3 is 14.3 Å². The Kier molecular flexibility index (Phi) is 9.73. The van der Waals surface area contributed by atoms with E-state index in [2.05, 4.69) is 24.0 Å². The third kappa shape index (κ3) is 7.03. The molecule has 2 heterocycles. The molecule has 8 heteroatoms. The van der Waals surface area contributed by atoms with Gasteiger partial charge in [0.15, 0.2) is 0 Å². The monoisotopic (exact) mass is 474 g/mol. The number of amides is 2. The highest BCUT2D eigenvalue weighted by atomic mass is 35.5. The van der Waals surface area contributed by atoms with Crippen molar-refractivity contribution in [3.05, 3.63) is 35.2 Å². The predicted octanol–water partition coefficient (Wildman–Crippen LogP) is 5.65. The van der Waals surface area contributed by atoms with Crippen LogP contribution in [0.5, 0.6) is 0 Å². The highest BCUT2D eigenvalue weighted by Crippen LogP contribution is 2.31. The maximum Gasteiger partial charge on any atom is 0.249 e. The Labute approximate surface area is 201 Å². The van der Waals surface area contributed by atoms with Crippen LogP contribution in [0.2, 0.25) is 5.02 Å². The Balaban J connectivity index is 1.71. The first-order valence-electron chi connectivity index (χ1n) is 12.2. The molecule has 1 aliphatic heterocycles. The maximum atomic E-state index is 13.3. The quantitative estimate of drug-likeness (QED) is 0.393. The molecule has 0 radical (unpaired) electrons. The average Bonchev–Trinajstić information content (AvgIpc) is 3.32. The lowest BCUT2D eigenvalue weighted by Gasteiger charge is -2.35. The molecule has 1 aromatic carbocycles. The van der Waals surface area contributed by atoms with Crippen LogP contribution in [-0.4, -0.2) is 51.4 Å². The Morgan fingerprint density at radius 3 is 2.76 bits per heavy atom. The minimum atomic E-state index is -0.269. The van der Waals surface area contributed by atoms with Crippen LogP contribution < -0.4 is 0 Å². The third-order valence-corrected chi connectivity index (χ3v) is 6.32. The lowest BCUT2D eigenvalue weighted by Crippen LogP contribution is -2.46. The smallest absolute Gasteiger partial charge is 0.249 e. The minimum absolute atomic E-state index is 0.0536. The molecule has 2 amide bonds. The Bertz CT molecular complexity index is 917. The number of rotatable bonds is 11. The number of carbonyl (C=O) groups excluding carboxylic acids is 2. The molecule has 1 saturated heterocycles. The first-order valence-corrected chi connectivity index (χ1v) is 12.6. The van der Waals surface area contributed by atoms with Crippen LogP contribution in [0.25, 0.3) is 11.4 Å². The fourth-order valence-electron chi connectivity index (χ4n) is 4.18. The Morgan fingerprint density at radius 1 is 1.18 bits per heavy atom. The molecule has 0 saturated carbocycles. The number of carbonyl (C=O) groups is 2. The van der Waals surface area contributed by atoms with E-state index >= 15 is 0 Å². The summed E-state index contributed by atoms with van der Waals surface area (Å²) in [5.74, 6) is 0.913. The molecule has 33 heavy (non-hydrogen) atoms. The number of unbranched alkanes of at least 4 members (excludes halogenated alkanes) is 3. The van der Waals surface area contributed by atoms with E-state index in [-0.39, 0.29) is 24.4 Å². The zero-order valence-corrected chi connectivity index (χ0v) is 20.5. The molecule has 2 aromatic rings. The summed E-state index contributed by atoms with van der Waals surface area (Å²) in [4.78, 5) is 34.3. The molecule has 0 spiro atoms. The molecule has 1 fully saturated rings. The van der Waals surface area contributed by atoms with Crippen molar-refractivity contribution in [2.45, 2.75) is 77.7 Å². The van der Waals surface area contributed by atoms with Crippen molar-refractivity contribution in [3.63, 3.8) is 0 Å². The summed E-state index contributed by atoms with van der Waals surface area (Å²) in [5, 5.41) is 4.72. The van der Waals surface area contributed by atoms with E-state index in [1.807, 2.05) is 17.0 Å². The fraction of sp³-hybridized carbons (Fsp3) is 0.600. The molecule has 1 unspecified atom stereocenters. The first-order chi connectivity index (χ1) is 16.0. The van der Waals surface area contributed by atoms with Gasteiger partial charge in [0, 0.05) is 30.1 Å². The SMILES string of the molecule is CCCCCC(=O)N(CCCC)CC(=O)N1CCCCC1c1nc(-c2cccc(Cl)c2)no1. The maximum absolute atomic E-state index is 13.3. The number of piperidine rings is 1. The highest BCUT2D eigenvalue weighted by molar-refractivity contribution is 6.30. The molecule has 0 aliphatic carbocycles. The molecule has 3 rings (SSSR count). The fourth-order valence-corrected chi connectivity index (χ4v) is 4.37. The molecule has 0 bridgehead atoms.